The number of benzene rings is 1. The highest BCUT2D eigenvalue weighted by atomic mass is 127. The Morgan fingerprint density at radius 3 is 2.83 bits per heavy atom. The van der Waals surface area contributed by atoms with Crippen molar-refractivity contribution in [1.82, 2.24) is 0 Å². The van der Waals surface area contributed by atoms with E-state index in [9.17, 15) is 4.39 Å². The summed E-state index contributed by atoms with van der Waals surface area (Å²) in [4.78, 5) is 0. The molecule has 0 amide bonds. The van der Waals surface area contributed by atoms with Gasteiger partial charge < -0.3 is 0 Å². The van der Waals surface area contributed by atoms with Crippen molar-refractivity contribution in [2.75, 3.05) is 0 Å². The zero-order valence-electron chi connectivity index (χ0n) is 5.94. The quantitative estimate of drug-likeness (QED) is 0.577. The maximum absolute atomic E-state index is 13.2. The van der Waals surface area contributed by atoms with Crippen LogP contribution in [-0.4, -0.2) is 0 Å². The van der Waals surface area contributed by atoms with Crippen molar-refractivity contribution in [1.29, 1.82) is 5.26 Å². The van der Waals surface area contributed by atoms with Crippen molar-refractivity contribution in [2.45, 2.75) is 6.42 Å². The first kappa shape index (κ1) is 9.75. The van der Waals surface area contributed by atoms with Crippen LogP contribution in [0, 0.1) is 20.7 Å². The SMILES string of the molecule is N#CCc1cc(Cl)cc(I)c1F. The molecule has 0 N–H and O–H groups in total. The maximum atomic E-state index is 13.2. The second-order valence-corrected chi connectivity index (χ2v) is 3.79. The molecule has 0 spiro atoms. The van der Waals surface area contributed by atoms with Crippen LogP contribution < -0.4 is 0 Å². The Morgan fingerprint density at radius 1 is 1.58 bits per heavy atom. The summed E-state index contributed by atoms with van der Waals surface area (Å²) >= 11 is 7.52. The molecule has 1 rings (SSSR count). The topological polar surface area (TPSA) is 23.8 Å². The predicted molar refractivity (Wildman–Crippen MR) is 53.4 cm³/mol. The Kier molecular flexibility index (Phi) is 3.29. The summed E-state index contributed by atoms with van der Waals surface area (Å²) in [5.74, 6) is -0.346. The Balaban J connectivity index is 3.20. The third-order valence-corrected chi connectivity index (χ3v) is 2.34. The molecule has 0 radical (unpaired) electrons. The molecule has 0 atom stereocenters. The lowest BCUT2D eigenvalue weighted by molar-refractivity contribution is 0.608. The molecule has 0 aliphatic carbocycles. The largest absolute Gasteiger partial charge is 0.205 e. The van der Waals surface area contributed by atoms with Crippen molar-refractivity contribution in [3.63, 3.8) is 0 Å². The molecule has 0 aliphatic heterocycles. The van der Waals surface area contributed by atoms with Crippen LogP contribution in [0.25, 0.3) is 0 Å². The predicted octanol–water partition coefficient (Wildman–Crippen LogP) is 3.15. The normalized spacial score (nSPS) is 9.50. The smallest absolute Gasteiger partial charge is 0.140 e. The molecule has 1 nitrogen and oxygen atoms in total. The first-order valence-electron chi connectivity index (χ1n) is 3.15. The van der Waals surface area contributed by atoms with E-state index in [1.54, 1.807) is 0 Å². The fourth-order valence-electron chi connectivity index (χ4n) is 0.823. The van der Waals surface area contributed by atoms with Gasteiger partial charge in [0.25, 0.3) is 0 Å². The number of halogens is 3. The first-order valence-corrected chi connectivity index (χ1v) is 4.61. The highest BCUT2D eigenvalue weighted by Gasteiger charge is 2.07. The van der Waals surface area contributed by atoms with E-state index < -0.39 is 0 Å². The van der Waals surface area contributed by atoms with Gasteiger partial charge in [-0.3, -0.25) is 0 Å². The summed E-state index contributed by atoms with van der Waals surface area (Å²) in [5, 5.41) is 8.83. The molecule has 1 aromatic rings. The number of hydrogen-bond acceptors (Lipinski definition) is 1. The molecule has 0 bridgehead atoms. The summed E-state index contributed by atoms with van der Waals surface area (Å²) in [7, 11) is 0. The van der Waals surface area contributed by atoms with Crippen LogP contribution in [0.15, 0.2) is 12.1 Å². The fraction of sp³-hybridized carbons (Fsp3) is 0.125. The van der Waals surface area contributed by atoms with Gasteiger partial charge in [0.1, 0.15) is 5.82 Å². The van der Waals surface area contributed by atoms with Gasteiger partial charge in [-0.25, -0.2) is 4.39 Å². The van der Waals surface area contributed by atoms with Crippen LogP contribution in [0.4, 0.5) is 4.39 Å². The third-order valence-electron chi connectivity index (χ3n) is 1.34. The third kappa shape index (κ3) is 2.08. The van der Waals surface area contributed by atoms with E-state index in [2.05, 4.69) is 0 Å². The van der Waals surface area contributed by atoms with E-state index in [4.69, 9.17) is 16.9 Å². The van der Waals surface area contributed by atoms with Crippen molar-refractivity contribution in [3.8, 4) is 6.07 Å². The van der Waals surface area contributed by atoms with Crippen molar-refractivity contribution in [2.24, 2.45) is 0 Å². The summed E-state index contributed by atoms with van der Waals surface area (Å²) < 4.78 is 13.6. The molecule has 0 aliphatic rings. The molecular formula is C8H4ClFIN. The van der Waals surface area contributed by atoms with Crippen molar-refractivity contribution < 1.29 is 4.39 Å². The van der Waals surface area contributed by atoms with Crippen LogP contribution in [0.3, 0.4) is 0 Å². The molecule has 12 heavy (non-hydrogen) atoms. The molecule has 0 saturated heterocycles. The van der Waals surface area contributed by atoms with Gasteiger partial charge in [0.2, 0.25) is 0 Å². The van der Waals surface area contributed by atoms with E-state index in [-0.39, 0.29) is 12.2 Å². The zero-order chi connectivity index (χ0) is 9.14. The van der Waals surface area contributed by atoms with Crippen LogP contribution in [0.2, 0.25) is 5.02 Å². The van der Waals surface area contributed by atoms with E-state index in [1.165, 1.54) is 12.1 Å². The van der Waals surface area contributed by atoms with E-state index in [1.807, 2.05) is 28.7 Å². The second-order valence-electron chi connectivity index (χ2n) is 2.20. The molecule has 0 saturated carbocycles. The van der Waals surface area contributed by atoms with E-state index in [0.29, 0.717) is 14.2 Å². The minimum absolute atomic E-state index is 0.0579. The lowest BCUT2D eigenvalue weighted by Crippen LogP contribution is -1.91. The first-order chi connectivity index (χ1) is 5.65. The highest BCUT2D eigenvalue weighted by Crippen LogP contribution is 2.21. The number of nitrogens with zero attached hydrogens (tertiary/aromatic N) is 1. The molecule has 1 aromatic carbocycles. The Bertz CT molecular complexity index is 346. The Hall–Kier alpha value is -0.340. The monoisotopic (exact) mass is 295 g/mol. The van der Waals surface area contributed by atoms with Gasteiger partial charge in [0, 0.05) is 10.6 Å². The van der Waals surface area contributed by atoms with Gasteiger partial charge in [-0.1, -0.05) is 11.6 Å². The average molecular weight is 295 g/mol. The van der Waals surface area contributed by atoms with E-state index in [0.717, 1.165) is 0 Å². The maximum Gasteiger partial charge on any atom is 0.140 e. The van der Waals surface area contributed by atoms with Crippen LogP contribution in [-0.2, 0) is 6.42 Å². The molecular weight excluding hydrogens is 291 g/mol. The number of hydrogen-bond donors (Lipinski definition) is 0. The number of rotatable bonds is 1. The Labute approximate surface area is 88.3 Å². The molecule has 0 fully saturated rings. The fourth-order valence-corrected chi connectivity index (χ4v) is 1.93. The van der Waals surface area contributed by atoms with Crippen LogP contribution in [0.5, 0.6) is 0 Å². The van der Waals surface area contributed by atoms with Gasteiger partial charge in [0.05, 0.1) is 16.1 Å². The standard InChI is InChI=1S/C8H4ClFIN/c9-6-3-5(1-2-12)8(10)7(11)4-6/h3-4H,1H2. The number of nitriles is 1. The summed E-state index contributed by atoms with van der Waals surface area (Å²) in [6.07, 6.45) is 0.0579. The minimum Gasteiger partial charge on any atom is -0.205 e. The highest BCUT2D eigenvalue weighted by molar-refractivity contribution is 14.1. The minimum atomic E-state index is -0.346. The second kappa shape index (κ2) is 4.06. The van der Waals surface area contributed by atoms with Crippen LogP contribution >= 0.6 is 34.2 Å². The van der Waals surface area contributed by atoms with Gasteiger partial charge in [-0.2, -0.15) is 5.26 Å². The van der Waals surface area contributed by atoms with Gasteiger partial charge in [0.15, 0.2) is 0 Å². The lowest BCUT2D eigenvalue weighted by atomic mass is 10.1. The van der Waals surface area contributed by atoms with Gasteiger partial charge in [-0.05, 0) is 34.7 Å². The molecule has 0 unspecified atom stereocenters. The molecule has 0 aromatic heterocycles. The average Bonchev–Trinajstić information content (AvgIpc) is 2.00. The zero-order valence-corrected chi connectivity index (χ0v) is 8.86. The van der Waals surface area contributed by atoms with Crippen LogP contribution in [0.1, 0.15) is 5.56 Å². The lowest BCUT2D eigenvalue weighted by Gasteiger charge is -2.00. The summed E-state index contributed by atoms with van der Waals surface area (Å²) in [6.45, 7) is 0. The van der Waals surface area contributed by atoms with Gasteiger partial charge in [-0.15, -0.1) is 0 Å². The Morgan fingerprint density at radius 2 is 2.25 bits per heavy atom. The summed E-state index contributed by atoms with van der Waals surface area (Å²) in [6, 6.07) is 4.88. The molecule has 4 heteroatoms. The van der Waals surface area contributed by atoms with Crippen molar-refractivity contribution in [3.05, 3.63) is 32.1 Å². The van der Waals surface area contributed by atoms with Crippen molar-refractivity contribution >= 4 is 34.2 Å². The summed E-state index contributed by atoms with van der Waals surface area (Å²) in [5.41, 5.74) is 0.356. The van der Waals surface area contributed by atoms with Gasteiger partial charge >= 0.3 is 0 Å². The van der Waals surface area contributed by atoms with E-state index >= 15 is 0 Å². The molecule has 62 valence electrons. The molecule has 0 heterocycles.